The number of benzene rings is 1. The second kappa shape index (κ2) is 7.41. The molecule has 1 aromatic carbocycles. The van der Waals surface area contributed by atoms with Gasteiger partial charge in [0.25, 0.3) is 0 Å². The minimum atomic E-state index is 0.0676. The van der Waals surface area contributed by atoms with Gasteiger partial charge in [0.1, 0.15) is 31.6 Å². The number of hydrogen-bond donors (Lipinski definition) is 2. The maximum atomic E-state index is 12.2. The first-order chi connectivity index (χ1) is 10.6. The first kappa shape index (κ1) is 16.4. The summed E-state index contributed by atoms with van der Waals surface area (Å²) in [6.07, 6.45) is 0. The summed E-state index contributed by atoms with van der Waals surface area (Å²) in [5, 5.41) is 3.54. The van der Waals surface area contributed by atoms with Crippen molar-refractivity contribution in [2.45, 2.75) is 5.37 Å². The van der Waals surface area contributed by atoms with E-state index in [4.69, 9.17) is 23.2 Å². The molecule has 1 amide bonds. The zero-order chi connectivity index (χ0) is 15.5. The quantitative estimate of drug-likeness (QED) is 0.794. The number of nitrogens with zero attached hydrogens (tertiary/aromatic N) is 1. The summed E-state index contributed by atoms with van der Waals surface area (Å²) in [6, 6.07) is 5.67. The Balaban J connectivity index is 1.67. The standard InChI is InChI=1S/C15H19Cl2N3OS/c16-12-2-1-11(9-13(12)17)15-20(14(21)10-22-15)8-7-19-5-3-18-4-6-19/h1-2,9,15,18H,3-8,10H2/p+2/t15-/m1/s1. The van der Waals surface area contributed by atoms with Crippen LogP contribution >= 0.6 is 35.0 Å². The maximum Gasteiger partial charge on any atom is 0.234 e. The lowest BCUT2D eigenvalue weighted by Gasteiger charge is -2.28. The first-order valence-electron chi connectivity index (χ1n) is 7.66. The highest BCUT2D eigenvalue weighted by atomic mass is 35.5. The van der Waals surface area contributed by atoms with E-state index in [2.05, 4.69) is 5.32 Å². The van der Waals surface area contributed by atoms with Gasteiger partial charge < -0.3 is 15.1 Å². The van der Waals surface area contributed by atoms with Crippen LogP contribution in [0.5, 0.6) is 0 Å². The zero-order valence-electron chi connectivity index (χ0n) is 12.4. The molecule has 4 nitrogen and oxygen atoms in total. The Morgan fingerprint density at radius 1 is 1.27 bits per heavy atom. The van der Waals surface area contributed by atoms with Crippen LogP contribution in [0, 0.1) is 0 Å². The van der Waals surface area contributed by atoms with E-state index in [0.29, 0.717) is 15.8 Å². The number of quaternary nitrogens is 2. The third-order valence-corrected chi connectivity index (χ3v) is 6.30. The molecule has 1 aromatic rings. The molecule has 3 N–H and O–H groups in total. The van der Waals surface area contributed by atoms with Crippen molar-refractivity contribution in [2.75, 3.05) is 45.0 Å². The number of nitrogens with one attached hydrogen (secondary N) is 1. The van der Waals surface area contributed by atoms with Gasteiger partial charge in [0, 0.05) is 0 Å². The van der Waals surface area contributed by atoms with Crippen LogP contribution in [0.3, 0.4) is 0 Å². The third-order valence-electron chi connectivity index (χ3n) is 4.31. The Kier molecular flexibility index (Phi) is 5.52. The van der Waals surface area contributed by atoms with Crippen molar-refractivity contribution in [3.05, 3.63) is 33.8 Å². The molecule has 22 heavy (non-hydrogen) atoms. The van der Waals surface area contributed by atoms with Gasteiger partial charge in [0.2, 0.25) is 5.91 Å². The van der Waals surface area contributed by atoms with Crippen LogP contribution in [0.2, 0.25) is 10.0 Å². The number of nitrogens with two attached hydrogens (primary N) is 1. The lowest BCUT2D eigenvalue weighted by atomic mass is 10.2. The molecule has 2 aliphatic rings. The van der Waals surface area contributed by atoms with E-state index in [9.17, 15) is 4.79 Å². The molecule has 2 saturated heterocycles. The summed E-state index contributed by atoms with van der Waals surface area (Å²) in [7, 11) is 0. The minimum absolute atomic E-state index is 0.0676. The highest BCUT2D eigenvalue weighted by Gasteiger charge is 2.33. The van der Waals surface area contributed by atoms with Gasteiger partial charge in [-0.3, -0.25) is 4.79 Å². The molecule has 0 aliphatic carbocycles. The third kappa shape index (κ3) is 3.71. The number of thioether (sulfide) groups is 1. The minimum Gasteiger partial charge on any atom is -0.337 e. The van der Waals surface area contributed by atoms with Crippen molar-refractivity contribution >= 4 is 40.9 Å². The molecule has 0 bridgehead atoms. The summed E-state index contributed by atoms with van der Waals surface area (Å²) in [4.78, 5) is 15.8. The van der Waals surface area contributed by atoms with Crippen LogP contribution < -0.4 is 10.2 Å². The normalized spacial score (nSPS) is 23.3. The summed E-state index contributed by atoms with van der Waals surface area (Å²) in [5.74, 6) is 0.776. The highest BCUT2D eigenvalue weighted by molar-refractivity contribution is 8.00. The van der Waals surface area contributed by atoms with Crippen molar-refractivity contribution in [2.24, 2.45) is 0 Å². The summed E-state index contributed by atoms with van der Waals surface area (Å²) >= 11 is 13.8. The van der Waals surface area contributed by atoms with Gasteiger partial charge in [-0.15, -0.1) is 11.8 Å². The summed E-state index contributed by atoms with van der Waals surface area (Å²) in [6.45, 7) is 6.59. The lowest BCUT2D eigenvalue weighted by molar-refractivity contribution is -0.946. The van der Waals surface area contributed by atoms with Gasteiger partial charge in [-0.2, -0.15) is 0 Å². The zero-order valence-corrected chi connectivity index (χ0v) is 14.7. The molecule has 0 saturated carbocycles. The predicted octanol–water partition coefficient (Wildman–Crippen LogP) is 0.0293. The van der Waals surface area contributed by atoms with Crippen LogP contribution in [0.25, 0.3) is 0 Å². The van der Waals surface area contributed by atoms with Gasteiger partial charge in [-0.25, -0.2) is 0 Å². The Hall–Kier alpha value is -0.460. The van der Waals surface area contributed by atoms with E-state index < -0.39 is 0 Å². The predicted molar refractivity (Wildman–Crippen MR) is 90.6 cm³/mol. The smallest absolute Gasteiger partial charge is 0.234 e. The molecular formula is C15H21Cl2N3OS+2. The van der Waals surface area contributed by atoms with E-state index >= 15 is 0 Å². The largest absolute Gasteiger partial charge is 0.337 e. The molecule has 0 spiro atoms. The Morgan fingerprint density at radius 2 is 2.05 bits per heavy atom. The van der Waals surface area contributed by atoms with Crippen molar-refractivity contribution in [1.29, 1.82) is 0 Å². The van der Waals surface area contributed by atoms with Gasteiger partial charge >= 0.3 is 0 Å². The van der Waals surface area contributed by atoms with Crippen molar-refractivity contribution in [3.8, 4) is 0 Å². The molecule has 2 heterocycles. The number of carbonyl (C=O) groups excluding carboxylic acids is 1. The number of hydrogen-bond acceptors (Lipinski definition) is 2. The Labute approximate surface area is 145 Å². The number of rotatable bonds is 4. The molecular weight excluding hydrogens is 341 g/mol. The number of halogens is 2. The summed E-state index contributed by atoms with van der Waals surface area (Å²) < 4.78 is 0. The van der Waals surface area contributed by atoms with Gasteiger partial charge in [-0.05, 0) is 17.7 Å². The van der Waals surface area contributed by atoms with Crippen LogP contribution in [0.4, 0.5) is 0 Å². The fraction of sp³-hybridized carbons (Fsp3) is 0.533. The van der Waals surface area contributed by atoms with Crippen LogP contribution in [-0.4, -0.2) is 55.8 Å². The van der Waals surface area contributed by atoms with E-state index in [1.165, 1.54) is 26.2 Å². The van der Waals surface area contributed by atoms with Crippen LogP contribution in [0.15, 0.2) is 18.2 Å². The molecule has 0 unspecified atom stereocenters. The molecule has 0 aromatic heterocycles. The molecule has 120 valence electrons. The number of piperazine rings is 1. The molecule has 2 fully saturated rings. The van der Waals surface area contributed by atoms with E-state index in [-0.39, 0.29) is 11.3 Å². The molecule has 1 atom stereocenters. The van der Waals surface area contributed by atoms with Crippen molar-refractivity contribution < 1.29 is 15.0 Å². The summed E-state index contributed by atoms with van der Waals surface area (Å²) in [5.41, 5.74) is 1.06. The average molecular weight is 362 g/mol. The fourth-order valence-corrected chi connectivity index (χ4v) is 4.56. The van der Waals surface area contributed by atoms with Crippen LogP contribution in [0.1, 0.15) is 10.9 Å². The monoisotopic (exact) mass is 361 g/mol. The topological polar surface area (TPSA) is 41.4 Å². The molecule has 3 rings (SSSR count). The lowest BCUT2D eigenvalue weighted by Crippen LogP contribution is -3.20. The first-order valence-corrected chi connectivity index (χ1v) is 9.47. The highest BCUT2D eigenvalue weighted by Crippen LogP contribution is 2.39. The Morgan fingerprint density at radius 3 is 2.77 bits per heavy atom. The molecule has 7 heteroatoms. The van der Waals surface area contributed by atoms with Crippen LogP contribution in [-0.2, 0) is 4.79 Å². The van der Waals surface area contributed by atoms with Gasteiger partial charge in [0.05, 0.1) is 28.9 Å². The van der Waals surface area contributed by atoms with E-state index in [1.807, 2.05) is 23.1 Å². The fourth-order valence-electron chi connectivity index (χ4n) is 3.05. The SMILES string of the molecule is O=C1CS[C@H](c2ccc(Cl)c(Cl)c2)N1CC[NH+]1CC[NH2+]CC1. The van der Waals surface area contributed by atoms with Crippen molar-refractivity contribution in [1.82, 2.24) is 4.90 Å². The van der Waals surface area contributed by atoms with E-state index in [1.54, 1.807) is 16.7 Å². The number of carbonyl (C=O) groups is 1. The van der Waals surface area contributed by atoms with Gasteiger partial charge in [-0.1, -0.05) is 29.3 Å². The maximum absolute atomic E-state index is 12.2. The second-order valence-corrected chi connectivity index (χ2v) is 7.67. The molecule has 2 aliphatic heterocycles. The second-order valence-electron chi connectivity index (χ2n) is 5.79. The van der Waals surface area contributed by atoms with E-state index in [0.717, 1.165) is 18.7 Å². The van der Waals surface area contributed by atoms with Gasteiger partial charge in [0.15, 0.2) is 0 Å². The number of amides is 1. The molecule has 0 radical (unpaired) electrons. The average Bonchev–Trinajstić information content (AvgIpc) is 2.90. The van der Waals surface area contributed by atoms with Crippen molar-refractivity contribution in [3.63, 3.8) is 0 Å². The Bertz CT molecular complexity index is 552.